The van der Waals surface area contributed by atoms with Crippen LogP contribution in [0.1, 0.15) is 36.6 Å². The van der Waals surface area contributed by atoms with Crippen molar-refractivity contribution in [2.24, 2.45) is 5.92 Å². The third kappa shape index (κ3) is 3.80. The molecule has 0 saturated carbocycles. The fraction of sp³-hybridized carbons (Fsp3) is 0.423. The van der Waals surface area contributed by atoms with Crippen LogP contribution in [-0.2, 0) is 22.4 Å². The molecule has 0 bridgehead atoms. The lowest BCUT2D eigenvalue weighted by atomic mass is 10.0. The third-order valence-electron chi connectivity index (χ3n) is 7.48. The highest BCUT2D eigenvalue weighted by Crippen LogP contribution is 2.39. The van der Waals surface area contributed by atoms with Crippen molar-refractivity contribution in [2.45, 2.75) is 38.3 Å². The van der Waals surface area contributed by atoms with Gasteiger partial charge in [-0.3, -0.25) is 9.36 Å². The summed E-state index contributed by atoms with van der Waals surface area (Å²) in [6.45, 7) is 4.10. The molecule has 6 heterocycles. The Morgan fingerprint density at radius 2 is 1.91 bits per heavy atom. The van der Waals surface area contributed by atoms with Gasteiger partial charge in [-0.25, -0.2) is 4.98 Å². The van der Waals surface area contributed by atoms with Gasteiger partial charge >= 0.3 is 0 Å². The van der Waals surface area contributed by atoms with E-state index in [2.05, 4.69) is 37.5 Å². The van der Waals surface area contributed by atoms with E-state index in [9.17, 15) is 0 Å². The number of hydrogen-bond donors (Lipinski definition) is 0. The largest absolute Gasteiger partial charge is 0.381 e. The fourth-order valence-corrected chi connectivity index (χ4v) is 5.73. The Bertz CT molecular complexity index is 1380. The van der Waals surface area contributed by atoms with E-state index in [0.717, 1.165) is 85.9 Å². The van der Waals surface area contributed by atoms with Gasteiger partial charge in [-0.2, -0.15) is 10.2 Å². The van der Waals surface area contributed by atoms with E-state index in [4.69, 9.17) is 31.2 Å². The smallest absolute Gasteiger partial charge is 0.100 e. The second-order valence-electron chi connectivity index (χ2n) is 9.76. The van der Waals surface area contributed by atoms with Crippen molar-refractivity contribution < 1.29 is 9.47 Å². The minimum atomic E-state index is 0.275. The normalized spacial score (nSPS) is 19.9. The van der Waals surface area contributed by atoms with Crippen LogP contribution in [0.3, 0.4) is 0 Å². The van der Waals surface area contributed by atoms with Crippen molar-refractivity contribution in [1.29, 1.82) is 0 Å². The number of fused-ring (bicyclic) bond motifs is 5. The molecule has 2 saturated heterocycles. The number of rotatable bonds is 4. The first-order valence-electron chi connectivity index (χ1n) is 12.4. The van der Waals surface area contributed by atoms with Gasteiger partial charge in [-0.1, -0.05) is 11.6 Å². The maximum atomic E-state index is 6.44. The topological polar surface area (TPSA) is 71.9 Å². The molecule has 9 heteroatoms. The minimum Gasteiger partial charge on any atom is -0.381 e. The number of benzene rings is 1. The summed E-state index contributed by atoms with van der Waals surface area (Å²) in [5, 5.41) is 10.4. The zero-order chi connectivity index (χ0) is 23.4. The maximum absolute atomic E-state index is 6.44. The summed E-state index contributed by atoms with van der Waals surface area (Å²) in [4.78, 5) is 4.86. The van der Waals surface area contributed by atoms with E-state index in [-0.39, 0.29) is 6.04 Å². The van der Waals surface area contributed by atoms with E-state index in [0.29, 0.717) is 17.5 Å². The zero-order valence-corrected chi connectivity index (χ0v) is 20.2. The summed E-state index contributed by atoms with van der Waals surface area (Å²) in [6.07, 6.45) is 12.1. The monoisotopic (exact) mass is 490 g/mol. The predicted molar refractivity (Wildman–Crippen MR) is 132 cm³/mol. The Labute approximate surface area is 208 Å². The van der Waals surface area contributed by atoms with Crippen LogP contribution >= 0.6 is 11.6 Å². The summed E-state index contributed by atoms with van der Waals surface area (Å²) in [7, 11) is 0. The SMILES string of the molecule is Clc1ccc2c(c1)-c1nn(C3CCOC3)cc1Cc1c(-c3cnn(CC4CCOCC4)c3)ncn1-2. The van der Waals surface area contributed by atoms with E-state index >= 15 is 0 Å². The van der Waals surface area contributed by atoms with Crippen LogP contribution in [0, 0.1) is 5.92 Å². The Hall–Kier alpha value is -2.94. The number of imidazole rings is 1. The first kappa shape index (κ1) is 21.4. The highest BCUT2D eigenvalue weighted by molar-refractivity contribution is 6.31. The molecule has 0 amide bonds. The van der Waals surface area contributed by atoms with Crippen LogP contribution < -0.4 is 0 Å². The average Bonchev–Trinajstić information content (AvgIpc) is 3.67. The Kier molecular flexibility index (Phi) is 5.26. The van der Waals surface area contributed by atoms with Crippen LogP contribution in [0.5, 0.6) is 0 Å². The average molecular weight is 491 g/mol. The molecule has 0 aliphatic carbocycles. The van der Waals surface area contributed by atoms with Gasteiger partial charge in [0.05, 0.1) is 41.6 Å². The first-order chi connectivity index (χ1) is 17.2. The lowest BCUT2D eigenvalue weighted by Gasteiger charge is -2.21. The Morgan fingerprint density at radius 3 is 2.77 bits per heavy atom. The van der Waals surface area contributed by atoms with Gasteiger partial charge in [0, 0.05) is 66.9 Å². The molecular formula is C26H27ClN6O2. The van der Waals surface area contributed by atoms with E-state index < -0.39 is 0 Å². The van der Waals surface area contributed by atoms with Gasteiger partial charge in [0.25, 0.3) is 0 Å². The van der Waals surface area contributed by atoms with Gasteiger partial charge in [0.1, 0.15) is 6.33 Å². The van der Waals surface area contributed by atoms with Crippen molar-refractivity contribution in [3.63, 3.8) is 0 Å². The zero-order valence-electron chi connectivity index (χ0n) is 19.4. The number of aromatic nitrogens is 6. The third-order valence-corrected chi connectivity index (χ3v) is 7.71. The number of nitrogens with zero attached hydrogens (tertiary/aromatic N) is 6. The summed E-state index contributed by atoms with van der Waals surface area (Å²) in [5.41, 5.74) is 7.39. The summed E-state index contributed by atoms with van der Waals surface area (Å²) in [6, 6.07) is 6.28. The molecule has 4 aromatic rings. The van der Waals surface area contributed by atoms with E-state index in [1.807, 2.05) is 24.7 Å². The van der Waals surface area contributed by atoms with Gasteiger partial charge < -0.3 is 14.0 Å². The van der Waals surface area contributed by atoms with Crippen LogP contribution in [0.4, 0.5) is 0 Å². The van der Waals surface area contributed by atoms with Crippen molar-refractivity contribution in [3.05, 3.63) is 59.4 Å². The molecule has 3 aromatic heterocycles. The second kappa shape index (κ2) is 8.62. The molecule has 8 nitrogen and oxygen atoms in total. The highest BCUT2D eigenvalue weighted by Gasteiger charge is 2.28. The Balaban J connectivity index is 1.29. The van der Waals surface area contributed by atoms with Crippen LogP contribution in [0.2, 0.25) is 5.02 Å². The molecule has 35 heavy (non-hydrogen) atoms. The van der Waals surface area contributed by atoms with Crippen molar-refractivity contribution in [3.8, 4) is 28.2 Å². The van der Waals surface area contributed by atoms with Crippen molar-refractivity contribution >= 4 is 11.6 Å². The molecule has 3 aliphatic rings. The lowest BCUT2D eigenvalue weighted by Crippen LogP contribution is -2.20. The van der Waals surface area contributed by atoms with Crippen LogP contribution in [0.15, 0.2) is 43.1 Å². The summed E-state index contributed by atoms with van der Waals surface area (Å²) in [5.74, 6) is 0.611. The molecule has 0 N–H and O–H groups in total. The van der Waals surface area contributed by atoms with Gasteiger partial charge in [-0.05, 0) is 43.4 Å². The Morgan fingerprint density at radius 1 is 1.03 bits per heavy atom. The molecule has 0 spiro atoms. The summed E-state index contributed by atoms with van der Waals surface area (Å²) >= 11 is 6.44. The predicted octanol–water partition coefficient (Wildman–Crippen LogP) is 4.54. The fourth-order valence-electron chi connectivity index (χ4n) is 5.56. The number of hydrogen-bond acceptors (Lipinski definition) is 5. The highest BCUT2D eigenvalue weighted by atomic mass is 35.5. The molecule has 0 radical (unpaired) electrons. The molecule has 180 valence electrons. The van der Waals surface area contributed by atoms with Gasteiger partial charge in [0.15, 0.2) is 0 Å². The van der Waals surface area contributed by atoms with E-state index in [1.165, 1.54) is 5.56 Å². The molecule has 1 atom stereocenters. The van der Waals surface area contributed by atoms with Crippen LogP contribution in [-0.4, -0.2) is 55.5 Å². The number of ether oxygens (including phenoxy) is 2. The maximum Gasteiger partial charge on any atom is 0.100 e. The standard InChI is InChI=1S/C26H27ClN6O2/c27-20-1-2-23-22(10-20)25-18(14-33(30-25)21-5-8-35-15-21)9-24-26(28-16-32(23)24)19-11-29-31(13-19)12-17-3-6-34-7-4-17/h1-2,10-11,13-14,16-17,21H,3-9,12,15H2. The van der Waals surface area contributed by atoms with Crippen molar-refractivity contribution in [1.82, 2.24) is 29.1 Å². The van der Waals surface area contributed by atoms with Gasteiger partial charge in [-0.15, -0.1) is 0 Å². The van der Waals surface area contributed by atoms with E-state index in [1.54, 1.807) is 0 Å². The quantitative estimate of drug-likeness (QED) is 0.369. The number of halogens is 1. The summed E-state index contributed by atoms with van der Waals surface area (Å²) < 4.78 is 17.5. The minimum absolute atomic E-state index is 0.275. The molecule has 1 aromatic carbocycles. The molecule has 3 aliphatic heterocycles. The lowest BCUT2D eigenvalue weighted by molar-refractivity contribution is 0.0601. The van der Waals surface area contributed by atoms with Gasteiger partial charge in [0.2, 0.25) is 0 Å². The molecular weight excluding hydrogens is 464 g/mol. The molecule has 7 rings (SSSR count). The van der Waals surface area contributed by atoms with Crippen LogP contribution in [0.25, 0.3) is 28.2 Å². The molecule has 1 unspecified atom stereocenters. The molecule has 2 fully saturated rings. The second-order valence-corrected chi connectivity index (χ2v) is 10.2. The van der Waals surface area contributed by atoms with Crippen molar-refractivity contribution in [2.75, 3.05) is 26.4 Å². The first-order valence-corrected chi connectivity index (χ1v) is 12.7.